The van der Waals surface area contributed by atoms with E-state index in [0.717, 1.165) is 102 Å². The molecule has 8 fully saturated rings. The van der Waals surface area contributed by atoms with Gasteiger partial charge in [-0.05, 0) is 218 Å². The molecular formula is C56H90N8O7. The van der Waals surface area contributed by atoms with E-state index in [1.807, 2.05) is 20.8 Å². The Morgan fingerprint density at radius 3 is 1.42 bits per heavy atom. The minimum atomic E-state index is -1.12. The maximum absolute atomic E-state index is 13.5. The minimum absolute atomic E-state index is 0.00495. The van der Waals surface area contributed by atoms with Crippen LogP contribution in [0.3, 0.4) is 0 Å². The molecule has 1 amide bonds. The lowest BCUT2D eigenvalue weighted by Crippen LogP contribution is -2.55. The van der Waals surface area contributed by atoms with Gasteiger partial charge >= 0.3 is 5.97 Å². The third-order valence-electron chi connectivity index (χ3n) is 21.6. The van der Waals surface area contributed by atoms with E-state index in [0.29, 0.717) is 58.8 Å². The fourth-order valence-corrected chi connectivity index (χ4v) is 17.7. The highest BCUT2D eigenvalue weighted by Crippen LogP contribution is 2.70. The third-order valence-corrected chi connectivity index (χ3v) is 21.6. The van der Waals surface area contributed by atoms with Crippen molar-refractivity contribution in [3.63, 3.8) is 0 Å². The number of nitrogens with one attached hydrogen (secondary N) is 1. The van der Waals surface area contributed by atoms with Crippen LogP contribution in [0.15, 0.2) is 12.4 Å². The number of nitrogens with zero attached hydrogens (tertiary/aromatic N) is 6. The molecular weight excluding hydrogens is 897 g/mol. The second kappa shape index (κ2) is 20.6. The van der Waals surface area contributed by atoms with Gasteiger partial charge in [-0.1, -0.05) is 41.5 Å². The number of amides is 1. The zero-order valence-corrected chi connectivity index (χ0v) is 44.6. The molecule has 2 aromatic heterocycles. The molecule has 2 heterocycles. The molecule has 8 aliphatic rings. The fourth-order valence-electron chi connectivity index (χ4n) is 17.7. The van der Waals surface area contributed by atoms with Crippen LogP contribution >= 0.6 is 0 Å². The highest BCUT2D eigenvalue weighted by molar-refractivity contribution is 5.91. The third kappa shape index (κ3) is 10.3. The molecule has 0 aliphatic heterocycles. The average Bonchev–Trinajstić information content (AvgIpc) is 4.14. The maximum Gasteiger partial charge on any atom is 0.358 e. The van der Waals surface area contributed by atoms with Crippen LogP contribution in [-0.4, -0.2) is 93.0 Å². The molecule has 2 aromatic rings. The van der Waals surface area contributed by atoms with E-state index in [2.05, 4.69) is 60.3 Å². The number of ketones is 2. The van der Waals surface area contributed by atoms with Crippen molar-refractivity contribution in [1.82, 2.24) is 35.3 Å². The standard InChI is InChI=1S/C28H44N4O3.C25H37N3O4.C3H9N/c1-5-14-29-25(34)23-16-30-32(31-23)17-24(33)22-9-8-20-19-7-6-18-15-26(2,35)12-13-27(18,3)21(19)10-11-28(20,22)4;1-23(32)10-11-24(2)15(12-23)4-5-16-17-6-7-19(25(17,3)9-8-18(16)24)21(29)14-28-26-13-20(27-28)22(30)31;1-2-3-4/h16,18-22,35H,5-15,17H2,1-4H3,(H,29,34);13,15-19,32H,4-12,14H2,1-3H3,(H,30,31);2-4H2,1H3/t18-,19+,20+,21+,22-,26-,27+,28+;15-,16+,17+,18+,19-,23-,24+,25+;/m11./s1. The molecule has 6 N–H and O–H groups in total. The van der Waals surface area contributed by atoms with Gasteiger partial charge in [-0.2, -0.15) is 19.8 Å². The average molecular weight is 987 g/mol. The second-order valence-electron chi connectivity index (χ2n) is 25.9. The van der Waals surface area contributed by atoms with E-state index < -0.39 is 17.2 Å². The van der Waals surface area contributed by atoms with Crippen molar-refractivity contribution in [3.8, 4) is 0 Å². The largest absolute Gasteiger partial charge is 0.476 e. The van der Waals surface area contributed by atoms with Crippen LogP contribution < -0.4 is 11.1 Å². The summed E-state index contributed by atoms with van der Waals surface area (Å²) in [5.41, 5.74) is 4.90. The number of aliphatic hydroxyl groups is 2. The van der Waals surface area contributed by atoms with Crippen LogP contribution in [-0.2, 0) is 22.7 Å². The lowest BCUT2D eigenvalue weighted by molar-refractivity contribution is -0.151. The summed E-state index contributed by atoms with van der Waals surface area (Å²) in [4.78, 5) is 52.7. The van der Waals surface area contributed by atoms with Crippen molar-refractivity contribution in [1.29, 1.82) is 0 Å². The molecule has 0 bridgehead atoms. The van der Waals surface area contributed by atoms with Crippen molar-refractivity contribution < 1.29 is 34.5 Å². The smallest absolute Gasteiger partial charge is 0.358 e. The van der Waals surface area contributed by atoms with E-state index in [9.17, 15) is 29.4 Å². The van der Waals surface area contributed by atoms with Crippen LogP contribution in [0.1, 0.15) is 205 Å². The number of nitrogens with two attached hydrogens (primary N) is 1. The number of rotatable bonds is 11. The van der Waals surface area contributed by atoms with Gasteiger partial charge in [0.2, 0.25) is 0 Å². The molecule has 15 nitrogen and oxygen atoms in total. The van der Waals surface area contributed by atoms with Gasteiger partial charge in [0.15, 0.2) is 23.0 Å². The Morgan fingerprint density at radius 2 is 1.01 bits per heavy atom. The molecule has 8 aliphatic carbocycles. The monoisotopic (exact) mass is 987 g/mol. The number of carbonyl (C=O) groups is 4. The molecule has 0 spiro atoms. The molecule has 10 rings (SSSR count). The molecule has 71 heavy (non-hydrogen) atoms. The number of fused-ring (bicyclic) bond motifs is 10. The normalized spacial score (nSPS) is 42.0. The summed E-state index contributed by atoms with van der Waals surface area (Å²) < 4.78 is 0. The number of carboxylic acids is 1. The predicted molar refractivity (Wildman–Crippen MR) is 271 cm³/mol. The second-order valence-corrected chi connectivity index (χ2v) is 25.9. The Balaban J connectivity index is 0.000000178. The molecule has 15 heteroatoms. The summed E-state index contributed by atoms with van der Waals surface area (Å²) in [6.45, 7) is 19.5. The van der Waals surface area contributed by atoms with Gasteiger partial charge in [-0.15, -0.1) is 10.2 Å². The maximum atomic E-state index is 13.5. The number of hydrogen-bond donors (Lipinski definition) is 5. The highest BCUT2D eigenvalue weighted by atomic mass is 16.4. The van der Waals surface area contributed by atoms with Crippen LogP contribution in [0.5, 0.6) is 0 Å². The first-order chi connectivity index (χ1) is 33.5. The molecule has 396 valence electrons. The molecule has 0 radical (unpaired) electrons. The minimum Gasteiger partial charge on any atom is -0.476 e. The number of Topliss-reactive ketones (excluding diaryl/α,β-unsaturated/α-hetero) is 2. The SMILES string of the molecule is CCCN.CCCNC(=O)c1cnn(CC(=O)[C@H]2CC[C@H]3[C@@H]4CC[C@@H]5C[C@](C)(O)CC[C@]5(C)[C@H]4CC[C@]23C)n1.C[C@@]1(O)CC[C@@]2(C)[C@H](CC[C@@H]3[C@@H]2CC[C@]2(C)[C@@H](C(=O)Cn4ncc(C(=O)O)n4)CC[C@@H]32)C1. The van der Waals surface area contributed by atoms with Crippen molar-refractivity contribution in [3.05, 3.63) is 23.8 Å². The predicted octanol–water partition coefficient (Wildman–Crippen LogP) is 8.71. The topological polar surface area (TPSA) is 228 Å². The number of carbonyl (C=O) groups excluding carboxylic acids is 3. The summed E-state index contributed by atoms with van der Waals surface area (Å²) in [6.07, 6.45) is 24.2. The van der Waals surface area contributed by atoms with Crippen LogP contribution in [0.25, 0.3) is 0 Å². The quantitative estimate of drug-likeness (QED) is 0.142. The summed E-state index contributed by atoms with van der Waals surface area (Å²) in [7, 11) is 0. The van der Waals surface area contributed by atoms with Gasteiger partial charge in [0.25, 0.3) is 5.91 Å². The van der Waals surface area contributed by atoms with Gasteiger partial charge in [-0.3, -0.25) is 14.4 Å². The lowest BCUT2D eigenvalue weighted by Gasteiger charge is -2.61. The first-order valence-corrected chi connectivity index (χ1v) is 28.0. The highest BCUT2D eigenvalue weighted by Gasteiger charge is 2.63. The van der Waals surface area contributed by atoms with E-state index in [4.69, 9.17) is 10.8 Å². The number of carboxylic acid groups (broad SMARTS) is 1. The molecule has 8 saturated carbocycles. The summed E-state index contributed by atoms with van der Waals surface area (Å²) >= 11 is 0. The van der Waals surface area contributed by atoms with E-state index in [-0.39, 0.29) is 64.6 Å². The van der Waals surface area contributed by atoms with Crippen LogP contribution in [0, 0.1) is 80.8 Å². The van der Waals surface area contributed by atoms with Crippen LogP contribution in [0.2, 0.25) is 0 Å². The van der Waals surface area contributed by atoms with Gasteiger partial charge in [0, 0.05) is 18.4 Å². The zero-order valence-electron chi connectivity index (χ0n) is 44.6. The van der Waals surface area contributed by atoms with Crippen molar-refractivity contribution in [2.45, 2.75) is 208 Å². The Bertz CT molecular complexity index is 2240. The first kappa shape index (κ1) is 53.7. The summed E-state index contributed by atoms with van der Waals surface area (Å²) in [6, 6.07) is 0. The van der Waals surface area contributed by atoms with Gasteiger partial charge < -0.3 is 26.4 Å². The summed E-state index contributed by atoms with van der Waals surface area (Å²) in [5.74, 6) is 4.31. The first-order valence-electron chi connectivity index (χ1n) is 28.0. The Hall–Kier alpha value is -3.56. The van der Waals surface area contributed by atoms with Gasteiger partial charge in [-0.25, -0.2) is 4.79 Å². The Labute approximate surface area is 423 Å². The van der Waals surface area contributed by atoms with E-state index in [1.54, 1.807) is 0 Å². The molecule has 0 saturated heterocycles. The summed E-state index contributed by atoms with van der Waals surface area (Å²) in [5, 5.41) is 49.7. The molecule has 0 unspecified atom stereocenters. The fraction of sp³-hybridized carbons (Fsp3) is 0.857. The molecule has 0 aromatic carbocycles. The van der Waals surface area contributed by atoms with E-state index >= 15 is 0 Å². The lowest BCUT2D eigenvalue weighted by atomic mass is 9.44. The Morgan fingerprint density at radius 1 is 0.592 bits per heavy atom. The van der Waals surface area contributed by atoms with Crippen LogP contribution in [0.4, 0.5) is 0 Å². The van der Waals surface area contributed by atoms with Crippen molar-refractivity contribution >= 4 is 23.4 Å². The number of aromatic nitrogens is 6. The van der Waals surface area contributed by atoms with Crippen molar-refractivity contribution in [2.75, 3.05) is 13.1 Å². The van der Waals surface area contributed by atoms with Crippen molar-refractivity contribution in [2.24, 2.45) is 86.6 Å². The van der Waals surface area contributed by atoms with Gasteiger partial charge in [0.1, 0.15) is 13.1 Å². The Kier molecular flexibility index (Phi) is 15.6. The zero-order chi connectivity index (χ0) is 51.3. The van der Waals surface area contributed by atoms with Gasteiger partial charge in [0.05, 0.1) is 23.6 Å². The van der Waals surface area contributed by atoms with E-state index in [1.165, 1.54) is 60.5 Å². The number of hydrogen-bond acceptors (Lipinski definition) is 11. The molecule has 16 atom stereocenters. The number of aromatic carboxylic acids is 1.